The maximum atomic E-state index is 12.4. The highest BCUT2D eigenvalue weighted by molar-refractivity contribution is 6.09. The van der Waals surface area contributed by atoms with Gasteiger partial charge in [0.15, 0.2) is 0 Å². The maximum absolute atomic E-state index is 12.4. The van der Waals surface area contributed by atoms with Crippen LogP contribution in [0.3, 0.4) is 0 Å². The molecule has 1 heterocycles. The summed E-state index contributed by atoms with van der Waals surface area (Å²) in [5.41, 5.74) is 1.43. The van der Waals surface area contributed by atoms with Gasteiger partial charge in [-0.2, -0.15) is 0 Å². The Morgan fingerprint density at radius 1 is 0.880 bits per heavy atom. The summed E-state index contributed by atoms with van der Waals surface area (Å²) in [7, 11) is 0. The summed E-state index contributed by atoms with van der Waals surface area (Å²) in [6.07, 6.45) is 0.901. The normalized spacial score (nSPS) is 13.7. The molecule has 2 aromatic rings. The minimum Gasteiger partial charge on any atom is -0.491 e. The van der Waals surface area contributed by atoms with Gasteiger partial charge in [-0.3, -0.25) is 14.5 Å². The van der Waals surface area contributed by atoms with E-state index in [9.17, 15) is 9.59 Å². The minimum atomic E-state index is -0.209. The fourth-order valence-electron chi connectivity index (χ4n) is 2.79. The van der Waals surface area contributed by atoms with Crippen molar-refractivity contribution in [2.75, 3.05) is 26.4 Å². The van der Waals surface area contributed by atoms with E-state index in [4.69, 9.17) is 9.47 Å². The second kappa shape index (κ2) is 8.44. The van der Waals surface area contributed by atoms with Crippen LogP contribution in [0.2, 0.25) is 0 Å². The zero-order chi connectivity index (χ0) is 17.5. The number of nitrogens with zero attached hydrogens (tertiary/aromatic N) is 1. The lowest BCUT2D eigenvalue weighted by Crippen LogP contribution is -2.43. The van der Waals surface area contributed by atoms with Gasteiger partial charge >= 0.3 is 0 Å². The summed E-state index contributed by atoms with van der Waals surface area (Å²) in [4.78, 5) is 25.9. The molecule has 130 valence electrons. The first-order valence-corrected chi connectivity index (χ1v) is 8.44. The molecular weight excluding hydrogens is 318 g/mol. The highest BCUT2D eigenvalue weighted by atomic mass is 16.5. The van der Waals surface area contributed by atoms with Gasteiger partial charge in [0.25, 0.3) is 5.91 Å². The molecule has 0 atom stereocenters. The number of hydrogen-bond donors (Lipinski definition) is 0. The summed E-state index contributed by atoms with van der Waals surface area (Å²) in [5.74, 6) is 0.463. The quantitative estimate of drug-likeness (QED) is 0.548. The highest BCUT2D eigenvalue weighted by Crippen LogP contribution is 2.19. The number of carbonyl (C=O) groups excluding carboxylic acids is 2. The van der Waals surface area contributed by atoms with Gasteiger partial charge in [0, 0.05) is 18.7 Å². The summed E-state index contributed by atoms with van der Waals surface area (Å²) in [5, 5.41) is 0. The largest absolute Gasteiger partial charge is 0.491 e. The van der Waals surface area contributed by atoms with Gasteiger partial charge in [0.05, 0.1) is 13.0 Å². The van der Waals surface area contributed by atoms with Crippen molar-refractivity contribution in [2.24, 2.45) is 0 Å². The summed E-state index contributed by atoms with van der Waals surface area (Å²) < 4.78 is 11.0. The van der Waals surface area contributed by atoms with Crippen LogP contribution in [0.5, 0.6) is 5.75 Å². The number of para-hydroxylation sites is 1. The zero-order valence-corrected chi connectivity index (χ0v) is 14.0. The van der Waals surface area contributed by atoms with E-state index in [1.807, 2.05) is 48.5 Å². The van der Waals surface area contributed by atoms with E-state index < -0.39 is 0 Å². The van der Waals surface area contributed by atoms with Crippen LogP contribution >= 0.6 is 0 Å². The summed E-state index contributed by atoms with van der Waals surface area (Å²) in [6.45, 7) is 1.81. The standard InChI is InChI=1S/C20H21NO4/c22-19-15-16-7-4-5-10-18(16)20(23)21(19)11-6-12-24-13-14-25-17-8-2-1-3-9-17/h1-5,7-10H,6,11-15H2. The molecule has 5 nitrogen and oxygen atoms in total. The van der Waals surface area contributed by atoms with Crippen LogP contribution in [0.4, 0.5) is 0 Å². The third-order valence-corrected chi connectivity index (χ3v) is 4.05. The Bertz CT molecular complexity index is 729. The lowest BCUT2D eigenvalue weighted by molar-refractivity contribution is -0.128. The first-order chi connectivity index (χ1) is 12.3. The van der Waals surface area contributed by atoms with Gasteiger partial charge in [0.1, 0.15) is 12.4 Å². The van der Waals surface area contributed by atoms with Crippen molar-refractivity contribution in [3.05, 3.63) is 65.7 Å². The predicted molar refractivity (Wildman–Crippen MR) is 93.6 cm³/mol. The number of ether oxygens (including phenoxy) is 2. The Morgan fingerprint density at radius 3 is 2.48 bits per heavy atom. The van der Waals surface area contributed by atoms with Gasteiger partial charge in [-0.05, 0) is 30.2 Å². The van der Waals surface area contributed by atoms with E-state index in [0.29, 0.717) is 38.3 Å². The Kier molecular flexibility index (Phi) is 5.80. The molecular formula is C20H21NO4. The molecule has 3 rings (SSSR count). The average Bonchev–Trinajstić information content (AvgIpc) is 2.64. The lowest BCUT2D eigenvalue weighted by atomic mass is 9.98. The summed E-state index contributed by atoms with van der Waals surface area (Å²) in [6, 6.07) is 16.8. The van der Waals surface area contributed by atoms with Crippen LogP contribution in [0.25, 0.3) is 0 Å². The molecule has 0 saturated carbocycles. The molecule has 1 aliphatic heterocycles. The van der Waals surface area contributed by atoms with E-state index in [2.05, 4.69) is 0 Å². The van der Waals surface area contributed by atoms with Gasteiger partial charge < -0.3 is 9.47 Å². The fourth-order valence-corrected chi connectivity index (χ4v) is 2.79. The number of amides is 2. The van der Waals surface area contributed by atoms with E-state index in [1.165, 1.54) is 4.90 Å². The van der Waals surface area contributed by atoms with Gasteiger partial charge in [-0.25, -0.2) is 0 Å². The Morgan fingerprint density at radius 2 is 1.64 bits per heavy atom. The molecule has 0 N–H and O–H groups in total. The number of fused-ring (bicyclic) bond motifs is 1. The van der Waals surface area contributed by atoms with E-state index >= 15 is 0 Å². The van der Waals surface area contributed by atoms with Crippen LogP contribution in [0.15, 0.2) is 54.6 Å². The Hall–Kier alpha value is -2.66. The number of benzene rings is 2. The first-order valence-electron chi connectivity index (χ1n) is 8.44. The summed E-state index contributed by atoms with van der Waals surface area (Å²) >= 11 is 0. The fraction of sp³-hybridized carbons (Fsp3) is 0.300. The number of imide groups is 1. The van der Waals surface area contributed by atoms with E-state index in [-0.39, 0.29) is 18.2 Å². The molecule has 25 heavy (non-hydrogen) atoms. The van der Waals surface area contributed by atoms with E-state index in [0.717, 1.165) is 11.3 Å². The topological polar surface area (TPSA) is 55.8 Å². The maximum Gasteiger partial charge on any atom is 0.260 e. The van der Waals surface area contributed by atoms with Crippen molar-refractivity contribution in [2.45, 2.75) is 12.8 Å². The van der Waals surface area contributed by atoms with Crippen LogP contribution in [0, 0.1) is 0 Å². The van der Waals surface area contributed by atoms with Crippen molar-refractivity contribution in [3.8, 4) is 5.75 Å². The lowest BCUT2D eigenvalue weighted by Gasteiger charge is -2.26. The van der Waals surface area contributed by atoms with Crippen molar-refractivity contribution in [1.29, 1.82) is 0 Å². The molecule has 1 aliphatic rings. The second-order valence-electron chi connectivity index (χ2n) is 5.81. The van der Waals surface area contributed by atoms with Gasteiger partial charge in [-0.1, -0.05) is 36.4 Å². The number of hydrogen-bond acceptors (Lipinski definition) is 4. The molecule has 0 bridgehead atoms. The molecule has 0 unspecified atom stereocenters. The number of rotatable bonds is 8. The molecule has 0 radical (unpaired) electrons. The molecule has 0 fully saturated rings. The van der Waals surface area contributed by atoms with Crippen molar-refractivity contribution in [3.63, 3.8) is 0 Å². The van der Waals surface area contributed by atoms with Crippen LogP contribution in [0.1, 0.15) is 22.3 Å². The van der Waals surface area contributed by atoms with E-state index in [1.54, 1.807) is 6.07 Å². The van der Waals surface area contributed by atoms with Gasteiger partial charge in [-0.15, -0.1) is 0 Å². The average molecular weight is 339 g/mol. The van der Waals surface area contributed by atoms with Gasteiger partial charge in [0.2, 0.25) is 5.91 Å². The molecule has 0 aliphatic carbocycles. The van der Waals surface area contributed by atoms with Crippen molar-refractivity contribution < 1.29 is 19.1 Å². The monoisotopic (exact) mass is 339 g/mol. The molecule has 2 amide bonds. The Balaban J connectivity index is 1.36. The Labute approximate surface area is 147 Å². The molecule has 2 aromatic carbocycles. The molecule has 0 aromatic heterocycles. The van der Waals surface area contributed by atoms with Crippen LogP contribution < -0.4 is 4.74 Å². The highest BCUT2D eigenvalue weighted by Gasteiger charge is 2.29. The predicted octanol–water partition coefficient (Wildman–Crippen LogP) is 2.70. The minimum absolute atomic E-state index is 0.142. The van der Waals surface area contributed by atoms with Crippen molar-refractivity contribution in [1.82, 2.24) is 4.90 Å². The SMILES string of the molecule is O=C1Cc2ccccc2C(=O)N1CCCOCCOc1ccccc1. The first kappa shape index (κ1) is 17.2. The third-order valence-electron chi connectivity index (χ3n) is 4.05. The number of carbonyl (C=O) groups is 2. The smallest absolute Gasteiger partial charge is 0.260 e. The third kappa shape index (κ3) is 4.45. The molecule has 0 saturated heterocycles. The molecule has 5 heteroatoms. The van der Waals surface area contributed by atoms with Crippen LogP contribution in [-0.4, -0.2) is 43.1 Å². The van der Waals surface area contributed by atoms with Crippen LogP contribution in [-0.2, 0) is 16.0 Å². The second-order valence-corrected chi connectivity index (χ2v) is 5.81. The zero-order valence-electron chi connectivity index (χ0n) is 14.0. The molecule has 0 spiro atoms. The van der Waals surface area contributed by atoms with Crippen molar-refractivity contribution >= 4 is 11.8 Å².